The van der Waals surface area contributed by atoms with Gasteiger partial charge in [-0.25, -0.2) is 4.98 Å². The van der Waals surface area contributed by atoms with Gasteiger partial charge in [-0.05, 0) is 138 Å². The van der Waals surface area contributed by atoms with Crippen molar-refractivity contribution < 1.29 is 4.42 Å². The van der Waals surface area contributed by atoms with Gasteiger partial charge in [0.1, 0.15) is 5.52 Å². The third kappa shape index (κ3) is 4.66. The van der Waals surface area contributed by atoms with Crippen LogP contribution in [0, 0.1) is 20.8 Å². The van der Waals surface area contributed by atoms with Crippen molar-refractivity contribution in [1.82, 2.24) is 4.98 Å². The average molecular weight is 646 g/mol. The summed E-state index contributed by atoms with van der Waals surface area (Å²) in [7, 11) is 0. The van der Waals surface area contributed by atoms with Gasteiger partial charge in [-0.2, -0.15) is 0 Å². The molecule has 50 heavy (non-hydrogen) atoms. The van der Waals surface area contributed by atoms with Crippen molar-refractivity contribution >= 4 is 43.4 Å². The lowest BCUT2D eigenvalue weighted by molar-refractivity contribution is 0.590. The van der Waals surface area contributed by atoms with Crippen LogP contribution in [-0.4, -0.2) is 4.98 Å². The molecule has 2 nitrogen and oxygen atoms in total. The molecule has 1 aromatic heterocycles. The molecule has 242 valence electrons. The molecular weight excluding hydrogens is 607 g/mol. The molecule has 0 fully saturated rings. The SMILES string of the molecule is Cc1ccccc1-c1cc(-c2nc3cc(C(C)(C)C)ccc3o2)c2ccc3c(-c4ccccc4C)cc(-c4ccccc4C)c4ccc1c2c34. The Morgan fingerprint density at radius 2 is 0.860 bits per heavy atom. The molecule has 0 atom stereocenters. The highest BCUT2D eigenvalue weighted by Crippen LogP contribution is 2.49. The van der Waals surface area contributed by atoms with E-state index in [2.05, 4.69) is 169 Å². The maximum Gasteiger partial charge on any atom is 0.227 e. The molecule has 9 aromatic rings. The fraction of sp³-hybridized carbons (Fsp3) is 0.146. The number of aromatic nitrogens is 1. The molecule has 0 aliphatic heterocycles. The lowest BCUT2D eigenvalue weighted by Crippen LogP contribution is -2.10. The number of benzene rings is 8. The molecule has 0 saturated heterocycles. The Balaban J connectivity index is 1.46. The predicted octanol–water partition coefficient (Wildman–Crippen LogP) is 13.6. The first kappa shape index (κ1) is 30.3. The number of hydrogen-bond donors (Lipinski definition) is 0. The summed E-state index contributed by atoms with van der Waals surface area (Å²) in [4.78, 5) is 5.18. The minimum absolute atomic E-state index is 0.0158. The van der Waals surface area contributed by atoms with Crippen LogP contribution in [0.4, 0.5) is 0 Å². The molecule has 1 heterocycles. The fourth-order valence-corrected chi connectivity index (χ4v) is 7.97. The zero-order valence-electron chi connectivity index (χ0n) is 29.5. The molecule has 9 rings (SSSR count). The second kappa shape index (κ2) is 11.1. The highest BCUT2D eigenvalue weighted by atomic mass is 16.3. The summed E-state index contributed by atoms with van der Waals surface area (Å²) in [6.07, 6.45) is 0. The summed E-state index contributed by atoms with van der Waals surface area (Å²) >= 11 is 0. The summed E-state index contributed by atoms with van der Waals surface area (Å²) < 4.78 is 6.64. The average Bonchev–Trinajstić information content (AvgIpc) is 3.54. The van der Waals surface area contributed by atoms with Gasteiger partial charge in [-0.1, -0.05) is 124 Å². The highest BCUT2D eigenvalue weighted by molar-refractivity contribution is 6.32. The van der Waals surface area contributed by atoms with Crippen molar-refractivity contribution in [2.45, 2.75) is 47.0 Å². The Bertz CT molecular complexity index is 2710. The van der Waals surface area contributed by atoms with Crippen molar-refractivity contribution in [2.24, 2.45) is 0 Å². The number of aryl methyl sites for hydroxylation is 3. The molecular formula is C48H39NO. The second-order valence-corrected chi connectivity index (χ2v) is 14.9. The Morgan fingerprint density at radius 1 is 0.440 bits per heavy atom. The number of nitrogens with zero attached hydrogens (tertiary/aromatic N) is 1. The van der Waals surface area contributed by atoms with Crippen molar-refractivity contribution in [3.63, 3.8) is 0 Å². The van der Waals surface area contributed by atoms with Crippen molar-refractivity contribution in [1.29, 1.82) is 0 Å². The van der Waals surface area contributed by atoms with E-state index in [-0.39, 0.29) is 5.41 Å². The molecule has 0 unspecified atom stereocenters. The quantitative estimate of drug-likeness (QED) is 0.178. The standard InChI is InChI=1S/C48H39NO/c1-28-13-7-10-16-32(28)39-26-40(33-17-11-8-14-29(33)2)36-22-23-38-42(47-49-43-25-31(48(4,5)6)19-24-44(43)50-47)27-41(34-18-12-9-15-30(34)3)37-21-20-35(39)45(36)46(37)38/h7-27H,1-6H3. The second-order valence-electron chi connectivity index (χ2n) is 14.9. The highest BCUT2D eigenvalue weighted by Gasteiger charge is 2.24. The van der Waals surface area contributed by atoms with Crippen molar-refractivity contribution in [2.75, 3.05) is 0 Å². The smallest absolute Gasteiger partial charge is 0.227 e. The molecule has 2 heteroatoms. The summed E-state index contributed by atoms with van der Waals surface area (Å²) in [6, 6.07) is 46.7. The maximum atomic E-state index is 6.64. The number of oxazole rings is 1. The van der Waals surface area contributed by atoms with Gasteiger partial charge in [-0.15, -0.1) is 0 Å². The first-order valence-electron chi connectivity index (χ1n) is 17.6. The van der Waals surface area contributed by atoms with Crippen LogP contribution < -0.4 is 0 Å². The Morgan fingerprint density at radius 3 is 1.30 bits per heavy atom. The Kier molecular flexibility index (Phi) is 6.77. The van der Waals surface area contributed by atoms with Crippen molar-refractivity contribution in [3.05, 3.63) is 150 Å². The van der Waals surface area contributed by atoms with Crippen LogP contribution in [0.5, 0.6) is 0 Å². The Labute approximate surface area is 293 Å². The largest absolute Gasteiger partial charge is 0.436 e. The van der Waals surface area contributed by atoms with Crippen LogP contribution in [0.25, 0.3) is 88.3 Å². The normalized spacial score (nSPS) is 12.2. The van der Waals surface area contributed by atoms with E-state index in [0.717, 1.165) is 22.0 Å². The number of hydrogen-bond acceptors (Lipinski definition) is 2. The van der Waals surface area contributed by atoms with E-state index in [0.29, 0.717) is 5.89 Å². The van der Waals surface area contributed by atoms with E-state index in [1.165, 1.54) is 82.6 Å². The fourth-order valence-electron chi connectivity index (χ4n) is 7.97. The first-order chi connectivity index (χ1) is 24.2. The topological polar surface area (TPSA) is 26.0 Å². The van der Waals surface area contributed by atoms with E-state index in [1.807, 2.05) is 0 Å². The van der Waals surface area contributed by atoms with Crippen molar-refractivity contribution in [3.8, 4) is 44.8 Å². The first-order valence-corrected chi connectivity index (χ1v) is 17.6. The molecule has 0 amide bonds. The van der Waals surface area contributed by atoms with Gasteiger partial charge in [0.15, 0.2) is 5.58 Å². The van der Waals surface area contributed by atoms with Crippen LogP contribution in [0.2, 0.25) is 0 Å². The number of rotatable bonds is 4. The van der Waals surface area contributed by atoms with Gasteiger partial charge in [-0.3, -0.25) is 0 Å². The van der Waals surface area contributed by atoms with Gasteiger partial charge in [0.05, 0.1) is 0 Å². The van der Waals surface area contributed by atoms with Crippen LogP contribution in [-0.2, 0) is 5.41 Å². The summed E-state index contributed by atoms with van der Waals surface area (Å²) in [6.45, 7) is 13.3. The third-order valence-electron chi connectivity index (χ3n) is 10.7. The van der Waals surface area contributed by atoms with E-state index in [1.54, 1.807) is 0 Å². The van der Waals surface area contributed by atoms with Gasteiger partial charge in [0.25, 0.3) is 0 Å². The van der Waals surface area contributed by atoms with Crippen LogP contribution in [0.3, 0.4) is 0 Å². The Hall–Kier alpha value is -5.73. The van der Waals surface area contributed by atoms with Crippen LogP contribution in [0.1, 0.15) is 43.0 Å². The lowest BCUT2D eigenvalue weighted by Gasteiger charge is -2.22. The van der Waals surface area contributed by atoms with E-state index >= 15 is 0 Å². The van der Waals surface area contributed by atoms with Crippen LogP contribution >= 0.6 is 0 Å². The van der Waals surface area contributed by atoms with Gasteiger partial charge in [0, 0.05) is 5.56 Å². The molecule has 0 spiro atoms. The van der Waals surface area contributed by atoms with Gasteiger partial charge in [0.2, 0.25) is 5.89 Å². The number of fused-ring (bicyclic) bond motifs is 1. The molecule has 8 aromatic carbocycles. The summed E-state index contributed by atoms with van der Waals surface area (Å²) in [5.74, 6) is 0.650. The van der Waals surface area contributed by atoms with Gasteiger partial charge < -0.3 is 4.42 Å². The van der Waals surface area contributed by atoms with E-state index < -0.39 is 0 Å². The molecule has 0 aliphatic carbocycles. The molecule has 0 aliphatic rings. The molecule has 0 bridgehead atoms. The zero-order valence-corrected chi connectivity index (χ0v) is 29.5. The third-order valence-corrected chi connectivity index (χ3v) is 10.7. The maximum absolute atomic E-state index is 6.64. The minimum atomic E-state index is 0.0158. The molecule has 0 radical (unpaired) electrons. The van der Waals surface area contributed by atoms with Gasteiger partial charge >= 0.3 is 0 Å². The lowest BCUT2D eigenvalue weighted by atomic mass is 9.81. The minimum Gasteiger partial charge on any atom is -0.436 e. The zero-order chi connectivity index (χ0) is 34.3. The van der Waals surface area contributed by atoms with Crippen LogP contribution in [0.15, 0.2) is 132 Å². The monoisotopic (exact) mass is 645 g/mol. The summed E-state index contributed by atoms with van der Waals surface area (Å²) in [5, 5.41) is 7.42. The van der Waals surface area contributed by atoms with E-state index in [9.17, 15) is 0 Å². The molecule has 0 saturated carbocycles. The summed E-state index contributed by atoms with van der Waals surface area (Å²) in [5.41, 5.74) is 15.2. The molecule has 0 N–H and O–H groups in total. The predicted molar refractivity (Wildman–Crippen MR) is 212 cm³/mol. The van der Waals surface area contributed by atoms with E-state index in [4.69, 9.17) is 9.40 Å².